The lowest BCUT2D eigenvalue weighted by atomic mass is 10.0. The SMILES string of the molecule is CC(C)(C)OC(=O)c1ccc(C[C@H](NC(=O)c2c(Cl)cccc2Cl)C(=O)O)cc1. The summed E-state index contributed by atoms with van der Waals surface area (Å²) in [5, 5.41) is 12.2. The summed E-state index contributed by atoms with van der Waals surface area (Å²) in [7, 11) is 0. The molecule has 0 fully saturated rings. The van der Waals surface area contributed by atoms with E-state index in [9.17, 15) is 19.5 Å². The number of hydrogen-bond donors (Lipinski definition) is 2. The molecule has 2 aromatic rings. The lowest BCUT2D eigenvalue weighted by Crippen LogP contribution is -2.42. The van der Waals surface area contributed by atoms with Gasteiger partial charge in [-0.25, -0.2) is 9.59 Å². The third-order valence-electron chi connectivity index (χ3n) is 3.82. The molecule has 0 radical (unpaired) electrons. The summed E-state index contributed by atoms with van der Waals surface area (Å²) in [6.45, 7) is 5.31. The first-order chi connectivity index (χ1) is 13.5. The zero-order chi connectivity index (χ0) is 21.8. The Labute approximate surface area is 178 Å². The number of benzene rings is 2. The number of carbonyl (C=O) groups is 3. The molecule has 2 aromatic carbocycles. The molecule has 0 spiro atoms. The van der Waals surface area contributed by atoms with Crippen LogP contribution in [-0.4, -0.2) is 34.6 Å². The van der Waals surface area contributed by atoms with E-state index < -0.39 is 29.5 Å². The predicted octanol–water partition coefficient (Wildman–Crippen LogP) is 4.37. The molecule has 0 heterocycles. The quantitative estimate of drug-likeness (QED) is 0.654. The van der Waals surface area contributed by atoms with Crippen molar-refractivity contribution in [2.45, 2.75) is 38.8 Å². The number of rotatable bonds is 6. The Hall–Kier alpha value is -2.57. The van der Waals surface area contributed by atoms with Gasteiger partial charge in [0.15, 0.2) is 0 Å². The van der Waals surface area contributed by atoms with Gasteiger partial charge in [-0.2, -0.15) is 0 Å². The topological polar surface area (TPSA) is 92.7 Å². The standard InChI is InChI=1S/C21H21Cl2NO5/c1-21(2,3)29-20(28)13-9-7-12(8-10-13)11-16(19(26)27)24-18(25)17-14(22)5-4-6-15(17)23/h4-10,16H,11H2,1-3H3,(H,24,25)(H,26,27)/t16-/m0/s1. The van der Waals surface area contributed by atoms with Crippen LogP contribution in [0, 0.1) is 0 Å². The van der Waals surface area contributed by atoms with Crippen LogP contribution in [0.4, 0.5) is 0 Å². The zero-order valence-corrected chi connectivity index (χ0v) is 17.7. The minimum atomic E-state index is -1.21. The Morgan fingerprint density at radius 1 is 1.03 bits per heavy atom. The molecule has 1 atom stereocenters. The molecule has 0 bridgehead atoms. The average Bonchev–Trinajstić information content (AvgIpc) is 2.60. The van der Waals surface area contributed by atoms with Crippen molar-refractivity contribution in [2.24, 2.45) is 0 Å². The van der Waals surface area contributed by atoms with E-state index in [0.29, 0.717) is 11.1 Å². The Balaban J connectivity index is 2.12. The van der Waals surface area contributed by atoms with Crippen LogP contribution >= 0.6 is 23.2 Å². The molecule has 154 valence electrons. The highest BCUT2D eigenvalue weighted by Crippen LogP contribution is 2.24. The Kier molecular flexibility index (Phi) is 7.27. The molecule has 0 aromatic heterocycles. The maximum absolute atomic E-state index is 12.5. The molecule has 1 amide bonds. The minimum Gasteiger partial charge on any atom is -0.480 e. The molecule has 29 heavy (non-hydrogen) atoms. The number of aliphatic carboxylic acids is 1. The van der Waals surface area contributed by atoms with Crippen LogP contribution < -0.4 is 5.32 Å². The highest BCUT2D eigenvalue weighted by Gasteiger charge is 2.24. The zero-order valence-electron chi connectivity index (χ0n) is 16.2. The van der Waals surface area contributed by atoms with Crippen molar-refractivity contribution in [2.75, 3.05) is 0 Å². The summed E-state index contributed by atoms with van der Waals surface area (Å²) < 4.78 is 5.29. The number of ether oxygens (including phenoxy) is 1. The van der Waals surface area contributed by atoms with E-state index in [0.717, 1.165) is 0 Å². The Bertz CT molecular complexity index is 899. The van der Waals surface area contributed by atoms with Gasteiger partial charge in [0.05, 0.1) is 21.2 Å². The van der Waals surface area contributed by atoms with Crippen LogP contribution in [0.15, 0.2) is 42.5 Å². The maximum Gasteiger partial charge on any atom is 0.338 e. The molecule has 0 aliphatic carbocycles. The molecule has 6 nitrogen and oxygen atoms in total. The molecule has 2 N–H and O–H groups in total. The van der Waals surface area contributed by atoms with Gasteiger partial charge < -0.3 is 15.2 Å². The number of carboxylic acids is 1. The first-order valence-electron chi connectivity index (χ1n) is 8.78. The predicted molar refractivity (Wildman–Crippen MR) is 111 cm³/mol. The van der Waals surface area contributed by atoms with Crippen molar-refractivity contribution in [1.29, 1.82) is 0 Å². The minimum absolute atomic E-state index is 0.0117. The molecular weight excluding hydrogens is 417 g/mol. The van der Waals surface area contributed by atoms with Crippen molar-refractivity contribution in [3.05, 3.63) is 69.2 Å². The summed E-state index contributed by atoms with van der Waals surface area (Å²) in [5.74, 6) is -2.36. The van der Waals surface area contributed by atoms with E-state index in [-0.39, 0.29) is 22.0 Å². The van der Waals surface area contributed by atoms with Gasteiger partial charge in [0.25, 0.3) is 5.91 Å². The molecule has 2 rings (SSSR count). The molecule has 8 heteroatoms. The van der Waals surface area contributed by atoms with Gasteiger partial charge in [0.2, 0.25) is 0 Å². The van der Waals surface area contributed by atoms with Crippen LogP contribution in [0.3, 0.4) is 0 Å². The normalized spacial score (nSPS) is 12.2. The highest BCUT2D eigenvalue weighted by atomic mass is 35.5. The largest absolute Gasteiger partial charge is 0.480 e. The third-order valence-corrected chi connectivity index (χ3v) is 4.45. The monoisotopic (exact) mass is 437 g/mol. The molecule has 0 saturated heterocycles. The Morgan fingerprint density at radius 3 is 2.07 bits per heavy atom. The van der Waals surface area contributed by atoms with Gasteiger partial charge in [0, 0.05) is 6.42 Å². The molecule has 0 unspecified atom stereocenters. The number of carboxylic acid groups (broad SMARTS) is 1. The molecule has 0 aliphatic rings. The summed E-state index contributed by atoms with van der Waals surface area (Å²) in [6, 6.07) is 9.70. The van der Waals surface area contributed by atoms with Crippen molar-refractivity contribution < 1.29 is 24.2 Å². The second-order valence-electron chi connectivity index (χ2n) is 7.36. The van der Waals surface area contributed by atoms with Gasteiger partial charge >= 0.3 is 11.9 Å². The van der Waals surface area contributed by atoms with Gasteiger partial charge in [-0.15, -0.1) is 0 Å². The summed E-state index contributed by atoms with van der Waals surface area (Å²) in [5.41, 5.74) is 0.370. The molecule has 0 aliphatic heterocycles. The fourth-order valence-corrected chi connectivity index (χ4v) is 3.06. The highest BCUT2D eigenvalue weighted by molar-refractivity contribution is 6.39. The number of esters is 1. The van der Waals surface area contributed by atoms with E-state index >= 15 is 0 Å². The van der Waals surface area contributed by atoms with Crippen LogP contribution in [-0.2, 0) is 16.0 Å². The lowest BCUT2D eigenvalue weighted by Gasteiger charge is -2.19. The average molecular weight is 438 g/mol. The molecular formula is C21H21Cl2NO5. The second-order valence-corrected chi connectivity index (χ2v) is 8.18. The second kappa shape index (κ2) is 9.29. The summed E-state index contributed by atoms with van der Waals surface area (Å²) in [4.78, 5) is 36.2. The lowest BCUT2D eigenvalue weighted by molar-refractivity contribution is -0.139. The van der Waals surface area contributed by atoms with Crippen LogP contribution in [0.5, 0.6) is 0 Å². The third kappa shape index (κ3) is 6.48. The van der Waals surface area contributed by atoms with E-state index in [1.807, 2.05) is 0 Å². The Morgan fingerprint density at radius 2 is 1.59 bits per heavy atom. The van der Waals surface area contributed by atoms with Crippen LogP contribution in [0.25, 0.3) is 0 Å². The maximum atomic E-state index is 12.5. The number of carbonyl (C=O) groups excluding carboxylic acids is 2. The smallest absolute Gasteiger partial charge is 0.338 e. The van der Waals surface area contributed by atoms with Crippen molar-refractivity contribution >= 4 is 41.0 Å². The van der Waals surface area contributed by atoms with Gasteiger partial charge in [-0.1, -0.05) is 41.4 Å². The van der Waals surface area contributed by atoms with Crippen molar-refractivity contribution in [1.82, 2.24) is 5.32 Å². The summed E-state index contributed by atoms with van der Waals surface area (Å²) in [6.07, 6.45) is 0.0117. The van der Waals surface area contributed by atoms with Crippen LogP contribution in [0.2, 0.25) is 10.0 Å². The van der Waals surface area contributed by atoms with E-state index in [2.05, 4.69) is 5.32 Å². The fourth-order valence-electron chi connectivity index (χ4n) is 2.49. The number of hydrogen-bond acceptors (Lipinski definition) is 4. The molecule has 0 saturated carbocycles. The first-order valence-corrected chi connectivity index (χ1v) is 9.53. The van der Waals surface area contributed by atoms with E-state index in [1.165, 1.54) is 12.1 Å². The number of nitrogens with one attached hydrogen (secondary N) is 1. The fraction of sp³-hybridized carbons (Fsp3) is 0.286. The van der Waals surface area contributed by atoms with Gasteiger partial charge in [-0.3, -0.25) is 4.79 Å². The van der Waals surface area contributed by atoms with Crippen molar-refractivity contribution in [3.63, 3.8) is 0 Å². The van der Waals surface area contributed by atoms with Gasteiger partial charge in [0.1, 0.15) is 11.6 Å². The number of halogens is 2. The summed E-state index contributed by atoms with van der Waals surface area (Å²) >= 11 is 12.0. The van der Waals surface area contributed by atoms with E-state index in [1.54, 1.807) is 51.1 Å². The van der Waals surface area contributed by atoms with Crippen molar-refractivity contribution in [3.8, 4) is 0 Å². The first kappa shape index (κ1) is 22.7. The van der Waals surface area contributed by atoms with Gasteiger partial charge in [-0.05, 0) is 50.6 Å². The number of amides is 1. The van der Waals surface area contributed by atoms with E-state index in [4.69, 9.17) is 27.9 Å². The van der Waals surface area contributed by atoms with Crippen LogP contribution in [0.1, 0.15) is 47.1 Å².